The molecule has 2 unspecified atom stereocenters. The molecule has 2 saturated carbocycles. The van der Waals surface area contributed by atoms with Crippen molar-refractivity contribution >= 4 is 35.0 Å². The van der Waals surface area contributed by atoms with Gasteiger partial charge in [0.1, 0.15) is 34.7 Å². The van der Waals surface area contributed by atoms with E-state index in [0.717, 1.165) is 0 Å². The number of aliphatic hydroxyl groups excluding tert-OH is 1. The van der Waals surface area contributed by atoms with Gasteiger partial charge in [-0.25, -0.2) is 14.2 Å². The number of aromatic nitrogens is 4. The summed E-state index contributed by atoms with van der Waals surface area (Å²) in [5.41, 5.74) is -0.640. The monoisotopic (exact) mass is 541 g/mol. The Morgan fingerprint density at radius 1 is 1.26 bits per heavy atom. The van der Waals surface area contributed by atoms with Crippen LogP contribution in [-0.2, 0) is 4.74 Å². The molecule has 0 bridgehead atoms. The number of rotatable bonds is 6. The van der Waals surface area contributed by atoms with Crippen LogP contribution in [-0.4, -0.2) is 67.2 Å². The number of fused-ring (bicyclic) bond motifs is 1. The van der Waals surface area contributed by atoms with E-state index in [2.05, 4.69) is 20.7 Å². The maximum Gasteiger partial charge on any atom is 0.415 e. The molecule has 39 heavy (non-hydrogen) atoms. The van der Waals surface area contributed by atoms with Crippen LogP contribution in [0.5, 0.6) is 0 Å². The smallest absolute Gasteiger partial charge is 0.415 e. The van der Waals surface area contributed by atoms with E-state index < -0.39 is 29.9 Å². The van der Waals surface area contributed by atoms with E-state index in [1.165, 1.54) is 33.3 Å². The van der Waals surface area contributed by atoms with Crippen LogP contribution in [0.3, 0.4) is 0 Å². The summed E-state index contributed by atoms with van der Waals surface area (Å²) in [5.74, 6) is -0.0648. The van der Waals surface area contributed by atoms with Crippen molar-refractivity contribution in [1.29, 1.82) is 0 Å². The fourth-order valence-corrected chi connectivity index (χ4v) is 4.51. The number of alkyl halides is 1. The second kappa shape index (κ2) is 9.95. The lowest BCUT2D eigenvalue weighted by Crippen LogP contribution is -2.50. The highest BCUT2D eigenvalue weighted by Gasteiger charge is 2.33. The zero-order valence-corrected chi connectivity index (χ0v) is 22.2. The van der Waals surface area contributed by atoms with E-state index in [4.69, 9.17) is 4.74 Å². The fraction of sp³-hybridized carbons (Fsp3) is 0.500. The van der Waals surface area contributed by atoms with Gasteiger partial charge in [0, 0.05) is 25.4 Å². The third kappa shape index (κ3) is 5.31. The van der Waals surface area contributed by atoms with Crippen molar-refractivity contribution < 1.29 is 23.8 Å². The van der Waals surface area contributed by atoms with Crippen LogP contribution in [0.2, 0.25) is 0 Å². The number of nitrogens with zero attached hydrogens (tertiary/aromatic N) is 5. The first-order valence-corrected chi connectivity index (χ1v) is 12.9. The first-order valence-electron chi connectivity index (χ1n) is 12.9. The Hall–Kier alpha value is -4.00. The number of anilines is 3. The molecule has 5 rings (SSSR count). The second-order valence-electron chi connectivity index (χ2n) is 11.0. The maximum atomic E-state index is 13.4. The highest BCUT2D eigenvalue weighted by Crippen LogP contribution is 2.34. The van der Waals surface area contributed by atoms with E-state index >= 15 is 0 Å². The van der Waals surface area contributed by atoms with Crippen molar-refractivity contribution in [3.05, 3.63) is 46.5 Å². The molecule has 3 aromatic heterocycles. The Morgan fingerprint density at radius 3 is 2.62 bits per heavy atom. The lowest BCUT2D eigenvalue weighted by Gasteiger charge is -2.32. The van der Waals surface area contributed by atoms with Crippen LogP contribution in [0.15, 0.2) is 35.4 Å². The molecule has 2 fully saturated rings. The molecule has 0 saturated heterocycles. The molecule has 0 spiro atoms. The third-order valence-corrected chi connectivity index (χ3v) is 6.95. The van der Waals surface area contributed by atoms with Gasteiger partial charge in [0.2, 0.25) is 0 Å². The van der Waals surface area contributed by atoms with Gasteiger partial charge in [-0.2, -0.15) is 9.61 Å². The lowest BCUT2D eigenvalue weighted by atomic mass is 9.89. The molecular weight excluding hydrogens is 509 g/mol. The number of carbonyl (C=O) groups excluding carboxylic acids is 2. The molecule has 208 valence electrons. The number of ether oxygens (including phenoxy) is 1. The molecule has 0 aliphatic heterocycles. The highest BCUT2D eigenvalue weighted by molar-refractivity contribution is 6.00. The minimum Gasteiger partial charge on any atom is -0.443 e. The summed E-state index contributed by atoms with van der Waals surface area (Å²) < 4.78 is 21.8. The second-order valence-corrected chi connectivity index (χ2v) is 11.0. The van der Waals surface area contributed by atoms with Crippen molar-refractivity contribution in [2.24, 2.45) is 0 Å². The van der Waals surface area contributed by atoms with E-state index in [1.807, 2.05) is 0 Å². The van der Waals surface area contributed by atoms with Crippen LogP contribution in [0.25, 0.3) is 5.65 Å². The summed E-state index contributed by atoms with van der Waals surface area (Å²) in [4.78, 5) is 44.9. The van der Waals surface area contributed by atoms with Crippen molar-refractivity contribution in [3.63, 3.8) is 0 Å². The predicted octanol–water partition coefficient (Wildman–Crippen LogP) is 2.93. The Bertz CT molecular complexity index is 1470. The van der Waals surface area contributed by atoms with Gasteiger partial charge in [-0.1, -0.05) is 0 Å². The zero-order chi connectivity index (χ0) is 28.1. The average molecular weight is 542 g/mol. The Labute approximate surface area is 223 Å². The normalized spacial score (nSPS) is 22.5. The number of pyridine rings is 1. The average Bonchev–Trinajstić information content (AvgIpc) is 3.28. The molecule has 2 aliphatic rings. The van der Waals surface area contributed by atoms with Crippen LogP contribution in [0.1, 0.15) is 62.9 Å². The van der Waals surface area contributed by atoms with Gasteiger partial charge in [-0.15, -0.1) is 0 Å². The predicted molar refractivity (Wildman–Crippen MR) is 141 cm³/mol. The molecule has 2 amide bonds. The third-order valence-electron chi connectivity index (χ3n) is 6.95. The molecule has 2 aliphatic carbocycles. The molecule has 0 aromatic carbocycles. The van der Waals surface area contributed by atoms with Crippen LogP contribution >= 0.6 is 0 Å². The van der Waals surface area contributed by atoms with Crippen LogP contribution in [0, 0.1) is 0 Å². The molecule has 3 aromatic rings. The van der Waals surface area contributed by atoms with Gasteiger partial charge >= 0.3 is 6.09 Å². The summed E-state index contributed by atoms with van der Waals surface area (Å²) in [5, 5.41) is 20.0. The van der Waals surface area contributed by atoms with Gasteiger partial charge in [0.05, 0.1) is 18.3 Å². The summed E-state index contributed by atoms with van der Waals surface area (Å²) in [6.07, 6.45) is 2.59. The molecule has 3 heterocycles. The number of hydrogen-bond donors (Lipinski definition) is 3. The first kappa shape index (κ1) is 26.6. The number of aliphatic hydroxyl groups is 1. The molecular formula is C26H32FN7O5. The van der Waals surface area contributed by atoms with E-state index in [-0.39, 0.29) is 59.0 Å². The number of nitrogens with one attached hydrogen (secondary N) is 2. The largest absolute Gasteiger partial charge is 0.443 e. The lowest BCUT2D eigenvalue weighted by molar-refractivity contribution is 0.0448. The number of hydrogen-bond acceptors (Lipinski definition) is 8. The number of carbonyl (C=O) groups is 2. The molecule has 12 nitrogen and oxygen atoms in total. The van der Waals surface area contributed by atoms with Crippen molar-refractivity contribution in [2.75, 3.05) is 17.3 Å². The summed E-state index contributed by atoms with van der Waals surface area (Å²) >= 11 is 0. The van der Waals surface area contributed by atoms with Crippen LogP contribution < -0.4 is 21.1 Å². The molecule has 2 atom stereocenters. The van der Waals surface area contributed by atoms with Crippen LogP contribution in [0.4, 0.5) is 26.5 Å². The van der Waals surface area contributed by atoms with Crippen molar-refractivity contribution in [3.8, 4) is 0 Å². The molecule has 13 heteroatoms. The Kier molecular flexibility index (Phi) is 6.79. The van der Waals surface area contributed by atoms with Crippen molar-refractivity contribution in [2.45, 2.75) is 76.4 Å². The zero-order valence-electron chi connectivity index (χ0n) is 22.2. The molecule has 3 N–H and O–H groups in total. The SMILES string of the molecule is CN(C(=O)OC(C)(C)C)c1cc(Nc2cccn(C3CC(F)C3)c2=O)nc2c(C(=O)NC3CCC3O)cnn12. The van der Waals surface area contributed by atoms with Gasteiger partial charge in [-0.3, -0.25) is 14.5 Å². The maximum absolute atomic E-state index is 13.4. The minimum absolute atomic E-state index is 0.130. The van der Waals surface area contributed by atoms with E-state index in [0.29, 0.717) is 12.8 Å². The molecule has 0 radical (unpaired) electrons. The summed E-state index contributed by atoms with van der Waals surface area (Å²) in [6.45, 7) is 5.23. The van der Waals surface area contributed by atoms with Gasteiger partial charge in [0.15, 0.2) is 5.65 Å². The highest BCUT2D eigenvalue weighted by atomic mass is 19.1. The van der Waals surface area contributed by atoms with Gasteiger partial charge < -0.3 is 25.0 Å². The van der Waals surface area contributed by atoms with E-state index in [9.17, 15) is 23.9 Å². The Balaban J connectivity index is 1.53. The number of amides is 2. The topological polar surface area (TPSA) is 143 Å². The first-order chi connectivity index (χ1) is 18.4. The quantitative estimate of drug-likeness (QED) is 0.432. The van der Waals surface area contributed by atoms with Gasteiger partial charge in [-0.05, 0) is 58.6 Å². The Morgan fingerprint density at radius 2 is 2.00 bits per heavy atom. The fourth-order valence-electron chi connectivity index (χ4n) is 4.51. The van der Waals surface area contributed by atoms with E-state index in [1.54, 1.807) is 39.1 Å². The minimum atomic E-state index is -0.916. The van der Waals surface area contributed by atoms with Crippen molar-refractivity contribution in [1.82, 2.24) is 24.5 Å². The summed E-state index contributed by atoms with van der Waals surface area (Å²) in [6, 6.07) is 4.19. The number of halogens is 1. The summed E-state index contributed by atoms with van der Waals surface area (Å²) in [7, 11) is 1.50. The standard InChI is InChI=1S/C26H32FN7O5/c1-26(2,3)39-25(38)32(4)21-12-20(29-18-6-5-9-33(24(18)37)15-10-14(27)11-15)31-22-16(13-28-34(21)22)23(36)30-17-7-8-19(17)35/h5-6,9,12-15,17,19,35H,7-8,10-11H2,1-4H3,(H,29,31)(H,30,36). The van der Waals surface area contributed by atoms with Gasteiger partial charge in [0.25, 0.3) is 11.5 Å².